The Morgan fingerprint density at radius 3 is 2.67 bits per heavy atom. The van der Waals surface area contributed by atoms with Crippen molar-refractivity contribution in [1.29, 1.82) is 0 Å². The average molecular weight is 311 g/mol. The molecular formula is C14H17NO5S. The maximum Gasteiger partial charge on any atom is 0.414 e. The Kier molecular flexibility index (Phi) is 4.52. The van der Waals surface area contributed by atoms with Gasteiger partial charge >= 0.3 is 6.09 Å². The van der Waals surface area contributed by atoms with Gasteiger partial charge in [0.1, 0.15) is 5.75 Å². The third-order valence-corrected chi connectivity index (χ3v) is 4.43. The number of methoxy groups -OCH3 is 1. The molecule has 0 radical (unpaired) electrons. The SMILES string of the molecule is CCOC(=O)N(c1ccccc1OC)C1C=CS(=O)(=O)C1. The molecule has 0 saturated heterocycles. The van der Waals surface area contributed by atoms with E-state index in [1.54, 1.807) is 31.2 Å². The van der Waals surface area contributed by atoms with E-state index in [0.717, 1.165) is 5.41 Å². The number of ether oxygens (including phenoxy) is 2. The maximum absolute atomic E-state index is 12.2. The second-order valence-corrected chi connectivity index (χ2v) is 6.40. The highest BCUT2D eigenvalue weighted by molar-refractivity contribution is 7.94. The van der Waals surface area contributed by atoms with Gasteiger partial charge in [0.15, 0.2) is 9.84 Å². The van der Waals surface area contributed by atoms with Gasteiger partial charge in [-0.15, -0.1) is 0 Å². The van der Waals surface area contributed by atoms with Crippen molar-refractivity contribution in [1.82, 2.24) is 0 Å². The number of rotatable bonds is 4. The summed E-state index contributed by atoms with van der Waals surface area (Å²) in [6, 6.07) is 6.30. The first-order valence-electron chi connectivity index (χ1n) is 6.48. The summed E-state index contributed by atoms with van der Waals surface area (Å²) in [7, 11) is -1.80. The first-order valence-corrected chi connectivity index (χ1v) is 8.20. The van der Waals surface area contributed by atoms with Crippen LogP contribution in [0, 0.1) is 0 Å². The average Bonchev–Trinajstić information content (AvgIpc) is 2.80. The molecule has 7 heteroatoms. The van der Waals surface area contributed by atoms with E-state index in [1.807, 2.05) is 0 Å². The minimum absolute atomic E-state index is 0.163. The standard InChI is InChI=1S/C14H17NO5S/c1-3-20-14(16)15(11-8-9-21(17,18)10-11)12-6-4-5-7-13(12)19-2/h4-9,11H,3,10H2,1-2H3. The molecule has 0 fully saturated rings. The van der Waals surface area contributed by atoms with Crippen LogP contribution < -0.4 is 9.64 Å². The number of benzene rings is 1. The molecule has 1 unspecified atom stereocenters. The Labute approximate surface area is 123 Å². The van der Waals surface area contributed by atoms with Gasteiger partial charge in [0, 0.05) is 5.41 Å². The molecule has 0 aliphatic carbocycles. The Hall–Kier alpha value is -2.02. The summed E-state index contributed by atoms with van der Waals surface area (Å²) in [5.41, 5.74) is 0.477. The largest absolute Gasteiger partial charge is 0.495 e. The van der Waals surface area contributed by atoms with Gasteiger partial charge < -0.3 is 9.47 Å². The topological polar surface area (TPSA) is 72.9 Å². The molecule has 114 valence electrons. The number of para-hydroxylation sites is 2. The van der Waals surface area contributed by atoms with Crippen LogP contribution in [0.1, 0.15) is 6.92 Å². The first-order chi connectivity index (χ1) is 9.98. The van der Waals surface area contributed by atoms with Crippen LogP contribution in [0.25, 0.3) is 0 Å². The van der Waals surface area contributed by atoms with Crippen molar-refractivity contribution in [2.24, 2.45) is 0 Å². The third-order valence-electron chi connectivity index (χ3n) is 3.05. The molecule has 1 heterocycles. The van der Waals surface area contributed by atoms with E-state index in [-0.39, 0.29) is 12.4 Å². The molecule has 1 aromatic carbocycles. The number of anilines is 1. The van der Waals surface area contributed by atoms with Crippen LogP contribution in [-0.2, 0) is 14.6 Å². The second kappa shape index (κ2) is 6.17. The van der Waals surface area contributed by atoms with Crippen molar-refractivity contribution in [3.63, 3.8) is 0 Å². The van der Waals surface area contributed by atoms with E-state index in [2.05, 4.69) is 0 Å². The van der Waals surface area contributed by atoms with Crippen LogP contribution in [0.3, 0.4) is 0 Å². The smallest absolute Gasteiger partial charge is 0.414 e. The summed E-state index contributed by atoms with van der Waals surface area (Å²) in [5.74, 6) is 0.312. The van der Waals surface area contributed by atoms with Crippen LogP contribution in [0.15, 0.2) is 35.7 Å². The summed E-state index contributed by atoms with van der Waals surface area (Å²) >= 11 is 0. The fraction of sp³-hybridized carbons (Fsp3) is 0.357. The number of hydrogen-bond acceptors (Lipinski definition) is 5. The van der Waals surface area contributed by atoms with Crippen molar-refractivity contribution in [3.8, 4) is 5.75 Å². The highest BCUT2D eigenvalue weighted by Gasteiger charge is 2.33. The molecule has 1 atom stereocenters. The van der Waals surface area contributed by atoms with E-state index in [9.17, 15) is 13.2 Å². The zero-order chi connectivity index (χ0) is 15.5. The Balaban J connectivity index is 2.42. The first kappa shape index (κ1) is 15.4. The van der Waals surface area contributed by atoms with Gasteiger partial charge in [-0.3, -0.25) is 4.90 Å². The monoisotopic (exact) mass is 311 g/mol. The van der Waals surface area contributed by atoms with Crippen molar-refractivity contribution in [3.05, 3.63) is 35.7 Å². The van der Waals surface area contributed by atoms with Crippen LogP contribution in [0.2, 0.25) is 0 Å². The lowest BCUT2D eigenvalue weighted by atomic mass is 10.2. The molecule has 1 aromatic rings. The number of carbonyl (C=O) groups is 1. The van der Waals surface area contributed by atoms with Gasteiger partial charge in [-0.2, -0.15) is 0 Å². The lowest BCUT2D eigenvalue weighted by molar-refractivity contribution is 0.158. The lowest BCUT2D eigenvalue weighted by Crippen LogP contribution is -2.41. The Bertz CT molecular complexity index is 653. The van der Waals surface area contributed by atoms with Gasteiger partial charge in [-0.25, -0.2) is 13.2 Å². The number of amides is 1. The van der Waals surface area contributed by atoms with Crippen molar-refractivity contribution < 1.29 is 22.7 Å². The molecule has 0 N–H and O–H groups in total. The molecule has 0 bridgehead atoms. The van der Waals surface area contributed by atoms with Crippen molar-refractivity contribution in [2.45, 2.75) is 13.0 Å². The molecule has 0 spiro atoms. The fourth-order valence-corrected chi connectivity index (χ4v) is 3.42. The molecule has 0 saturated carbocycles. The van der Waals surface area contributed by atoms with Crippen LogP contribution in [-0.4, -0.2) is 40.0 Å². The highest BCUT2D eigenvalue weighted by Crippen LogP contribution is 2.31. The normalized spacial score (nSPS) is 19.2. The second-order valence-electron chi connectivity index (χ2n) is 4.47. The highest BCUT2D eigenvalue weighted by atomic mass is 32.2. The van der Waals surface area contributed by atoms with Crippen LogP contribution in [0.5, 0.6) is 5.75 Å². The molecule has 1 aliphatic heterocycles. The lowest BCUT2D eigenvalue weighted by Gasteiger charge is -2.27. The summed E-state index contributed by atoms with van der Waals surface area (Å²) < 4.78 is 33.5. The zero-order valence-corrected chi connectivity index (χ0v) is 12.7. The fourth-order valence-electron chi connectivity index (χ4n) is 2.15. The number of nitrogens with zero attached hydrogens (tertiary/aromatic N) is 1. The van der Waals surface area contributed by atoms with Gasteiger partial charge in [0.2, 0.25) is 0 Å². The van der Waals surface area contributed by atoms with Gasteiger partial charge in [-0.05, 0) is 25.1 Å². The quantitative estimate of drug-likeness (QED) is 0.850. The minimum atomic E-state index is -3.29. The van der Waals surface area contributed by atoms with Crippen molar-refractivity contribution >= 4 is 21.6 Å². The van der Waals surface area contributed by atoms with E-state index in [4.69, 9.17) is 9.47 Å². The zero-order valence-electron chi connectivity index (χ0n) is 11.9. The van der Waals surface area contributed by atoms with Gasteiger partial charge in [-0.1, -0.05) is 12.1 Å². The molecule has 21 heavy (non-hydrogen) atoms. The number of carbonyl (C=O) groups excluding carboxylic acids is 1. The molecule has 1 aliphatic rings. The Morgan fingerprint density at radius 1 is 1.38 bits per heavy atom. The predicted molar refractivity (Wildman–Crippen MR) is 79.2 cm³/mol. The van der Waals surface area contributed by atoms with E-state index in [1.165, 1.54) is 18.1 Å². The molecule has 1 amide bonds. The summed E-state index contributed by atoms with van der Waals surface area (Å²) in [6.45, 7) is 1.90. The molecular weight excluding hydrogens is 294 g/mol. The predicted octanol–water partition coefficient (Wildman–Crippen LogP) is 1.97. The van der Waals surface area contributed by atoms with E-state index < -0.39 is 22.0 Å². The van der Waals surface area contributed by atoms with Crippen LogP contribution >= 0.6 is 0 Å². The summed E-state index contributed by atoms with van der Waals surface area (Å²) in [6.07, 6.45) is 0.882. The number of sulfone groups is 1. The summed E-state index contributed by atoms with van der Waals surface area (Å²) in [5, 5.41) is 1.12. The van der Waals surface area contributed by atoms with Crippen LogP contribution in [0.4, 0.5) is 10.5 Å². The van der Waals surface area contributed by atoms with E-state index in [0.29, 0.717) is 11.4 Å². The van der Waals surface area contributed by atoms with Gasteiger partial charge in [0.05, 0.1) is 31.2 Å². The minimum Gasteiger partial charge on any atom is -0.495 e. The molecule has 2 rings (SSSR count). The van der Waals surface area contributed by atoms with Crippen molar-refractivity contribution in [2.75, 3.05) is 24.4 Å². The maximum atomic E-state index is 12.2. The number of hydrogen-bond donors (Lipinski definition) is 0. The van der Waals surface area contributed by atoms with Gasteiger partial charge in [0.25, 0.3) is 0 Å². The van der Waals surface area contributed by atoms with E-state index >= 15 is 0 Å². The Morgan fingerprint density at radius 2 is 2.10 bits per heavy atom. The summed E-state index contributed by atoms with van der Waals surface area (Å²) in [4.78, 5) is 13.5. The molecule has 0 aromatic heterocycles. The molecule has 6 nitrogen and oxygen atoms in total. The third kappa shape index (κ3) is 3.36.